The molecule has 1 heterocycles. The number of rotatable bonds is 9. The maximum absolute atomic E-state index is 12.4. The first-order chi connectivity index (χ1) is 15.9. The molecule has 0 atom stereocenters. The number of aliphatic imine (C=N–C) groups is 1. The van der Waals surface area contributed by atoms with Crippen LogP contribution in [-0.4, -0.2) is 56.0 Å². The molecule has 0 spiro atoms. The zero-order valence-electron chi connectivity index (χ0n) is 20.1. The van der Waals surface area contributed by atoms with E-state index >= 15 is 0 Å². The fraction of sp³-hybridized carbons (Fsp3) is 0.320. The van der Waals surface area contributed by atoms with Gasteiger partial charge in [0.2, 0.25) is 5.89 Å². The van der Waals surface area contributed by atoms with Gasteiger partial charge in [0.25, 0.3) is 5.91 Å². The summed E-state index contributed by atoms with van der Waals surface area (Å²) in [6, 6.07) is 15.6. The molecule has 0 saturated carbocycles. The van der Waals surface area contributed by atoms with Crippen LogP contribution in [0, 0.1) is 6.92 Å². The highest BCUT2D eigenvalue weighted by atomic mass is 127. The first-order valence-corrected chi connectivity index (χ1v) is 10.9. The SMILES string of the molecule is CN=C(NCc1cccc(C(=O)NCCN(C)C)c1)NCc1coc(-c2ccc(C)cc2)n1.I. The predicted octanol–water partition coefficient (Wildman–Crippen LogP) is 3.42. The average molecular weight is 576 g/mol. The average Bonchev–Trinajstić information content (AvgIpc) is 3.28. The largest absolute Gasteiger partial charge is 0.444 e. The molecular weight excluding hydrogens is 543 g/mol. The van der Waals surface area contributed by atoms with Crippen LogP contribution >= 0.6 is 24.0 Å². The Morgan fingerprint density at radius 1 is 1.06 bits per heavy atom. The number of oxazole rings is 1. The van der Waals surface area contributed by atoms with Gasteiger partial charge in [0, 0.05) is 37.8 Å². The van der Waals surface area contributed by atoms with Crippen molar-refractivity contribution in [1.29, 1.82) is 0 Å². The summed E-state index contributed by atoms with van der Waals surface area (Å²) in [5.74, 6) is 1.16. The van der Waals surface area contributed by atoms with Crippen LogP contribution in [0.2, 0.25) is 0 Å². The third-order valence-electron chi connectivity index (χ3n) is 5.00. The zero-order valence-corrected chi connectivity index (χ0v) is 22.4. The van der Waals surface area contributed by atoms with Crippen molar-refractivity contribution in [2.75, 3.05) is 34.2 Å². The Hall–Kier alpha value is -2.92. The quantitative estimate of drug-likeness (QED) is 0.205. The van der Waals surface area contributed by atoms with Gasteiger partial charge in [-0.1, -0.05) is 29.8 Å². The number of hydrogen-bond donors (Lipinski definition) is 3. The Morgan fingerprint density at radius 2 is 1.79 bits per heavy atom. The molecule has 1 amide bonds. The monoisotopic (exact) mass is 576 g/mol. The molecule has 0 bridgehead atoms. The van der Waals surface area contributed by atoms with Crippen LogP contribution in [0.4, 0.5) is 0 Å². The molecule has 3 aromatic rings. The summed E-state index contributed by atoms with van der Waals surface area (Å²) in [5.41, 5.74) is 4.55. The van der Waals surface area contributed by atoms with Crippen LogP contribution in [0.1, 0.15) is 27.2 Å². The minimum absolute atomic E-state index is 0. The standard InChI is InChI=1S/C25H32N6O2.HI/c1-18-8-10-20(11-9-18)24-30-22(17-33-24)16-29-25(26-2)28-15-19-6-5-7-21(14-19)23(32)27-12-13-31(3)4;/h5-11,14,17H,12-13,15-16H2,1-4H3,(H,27,32)(H2,26,28,29);1H. The first-order valence-electron chi connectivity index (χ1n) is 10.9. The van der Waals surface area contributed by atoms with Crippen LogP contribution in [0.3, 0.4) is 0 Å². The van der Waals surface area contributed by atoms with E-state index in [9.17, 15) is 4.79 Å². The highest BCUT2D eigenvalue weighted by Crippen LogP contribution is 2.19. The Labute approximate surface area is 218 Å². The molecule has 8 nitrogen and oxygen atoms in total. The molecule has 0 fully saturated rings. The Morgan fingerprint density at radius 3 is 2.50 bits per heavy atom. The van der Waals surface area contributed by atoms with E-state index in [2.05, 4.69) is 25.9 Å². The van der Waals surface area contributed by atoms with Gasteiger partial charge in [-0.15, -0.1) is 24.0 Å². The number of amides is 1. The number of halogens is 1. The molecule has 34 heavy (non-hydrogen) atoms. The molecule has 3 N–H and O–H groups in total. The number of hydrogen-bond acceptors (Lipinski definition) is 5. The summed E-state index contributed by atoms with van der Waals surface area (Å²) < 4.78 is 5.61. The summed E-state index contributed by atoms with van der Waals surface area (Å²) in [5, 5.41) is 9.44. The number of likely N-dealkylation sites (N-methyl/N-ethyl adjacent to an activating group) is 1. The van der Waals surface area contributed by atoms with Gasteiger partial charge in [-0.3, -0.25) is 9.79 Å². The number of benzene rings is 2. The molecule has 182 valence electrons. The summed E-state index contributed by atoms with van der Waals surface area (Å²) in [7, 11) is 5.67. The van der Waals surface area contributed by atoms with E-state index < -0.39 is 0 Å². The second-order valence-corrected chi connectivity index (χ2v) is 8.05. The van der Waals surface area contributed by atoms with E-state index in [1.54, 1.807) is 13.3 Å². The fourth-order valence-electron chi connectivity index (χ4n) is 3.12. The van der Waals surface area contributed by atoms with Crippen LogP contribution in [0.5, 0.6) is 0 Å². The Balaban J connectivity index is 0.00000408. The molecule has 1 aromatic heterocycles. The van der Waals surface area contributed by atoms with Gasteiger partial charge in [0.05, 0.1) is 12.2 Å². The fourth-order valence-corrected chi connectivity index (χ4v) is 3.12. The van der Waals surface area contributed by atoms with Crippen molar-refractivity contribution >= 4 is 35.8 Å². The molecule has 0 aliphatic heterocycles. The second kappa shape index (κ2) is 13.7. The number of carbonyl (C=O) groups excluding carboxylic acids is 1. The van der Waals surface area contributed by atoms with Crippen LogP contribution < -0.4 is 16.0 Å². The van der Waals surface area contributed by atoms with Crippen molar-refractivity contribution in [2.24, 2.45) is 4.99 Å². The molecule has 0 unspecified atom stereocenters. The molecule has 0 aliphatic rings. The van der Waals surface area contributed by atoms with E-state index in [1.165, 1.54) is 5.56 Å². The highest BCUT2D eigenvalue weighted by molar-refractivity contribution is 14.0. The lowest BCUT2D eigenvalue weighted by Crippen LogP contribution is -2.36. The van der Waals surface area contributed by atoms with Gasteiger partial charge < -0.3 is 25.3 Å². The van der Waals surface area contributed by atoms with Crippen molar-refractivity contribution < 1.29 is 9.21 Å². The predicted molar refractivity (Wildman–Crippen MR) is 146 cm³/mol. The lowest BCUT2D eigenvalue weighted by atomic mass is 10.1. The van der Waals surface area contributed by atoms with Crippen LogP contribution in [0.15, 0.2) is 64.2 Å². The van der Waals surface area contributed by atoms with Crippen LogP contribution in [-0.2, 0) is 13.1 Å². The molecule has 2 aromatic carbocycles. The number of aryl methyl sites for hydroxylation is 1. The van der Waals surface area contributed by atoms with Gasteiger partial charge in [-0.05, 0) is 50.8 Å². The minimum atomic E-state index is -0.0726. The number of nitrogens with one attached hydrogen (secondary N) is 3. The van der Waals surface area contributed by atoms with Gasteiger partial charge >= 0.3 is 0 Å². The zero-order chi connectivity index (χ0) is 23.6. The van der Waals surface area contributed by atoms with E-state index in [-0.39, 0.29) is 29.9 Å². The van der Waals surface area contributed by atoms with Crippen molar-refractivity contribution in [3.63, 3.8) is 0 Å². The van der Waals surface area contributed by atoms with E-state index in [1.807, 2.05) is 74.4 Å². The third kappa shape index (κ3) is 8.45. The summed E-state index contributed by atoms with van der Waals surface area (Å²) in [4.78, 5) is 23.2. The summed E-state index contributed by atoms with van der Waals surface area (Å²) in [6.07, 6.45) is 1.65. The summed E-state index contributed by atoms with van der Waals surface area (Å²) in [6.45, 7) is 4.46. The van der Waals surface area contributed by atoms with Gasteiger partial charge in [0.1, 0.15) is 6.26 Å². The van der Waals surface area contributed by atoms with Crippen molar-refractivity contribution in [2.45, 2.75) is 20.0 Å². The van der Waals surface area contributed by atoms with Crippen LogP contribution in [0.25, 0.3) is 11.5 Å². The molecular formula is C25H33IN6O2. The maximum atomic E-state index is 12.4. The lowest BCUT2D eigenvalue weighted by molar-refractivity contribution is 0.0951. The van der Waals surface area contributed by atoms with Gasteiger partial charge in [-0.2, -0.15) is 0 Å². The van der Waals surface area contributed by atoms with Crippen molar-refractivity contribution in [3.05, 3.63) is 77.2 Å². The Kier molecular flexibility index (Phi) is 11.0. The molecule has 0 radical (unpaired) electrons. The van der Waals surface area contributed by atoms with Crippen molar-refractivity contribution in [1.82, 2.24) is 25.8 Å². The number of guanidine groups is 1. The summed E-state index contributed by atoms with van der Waals surface area (Å²) >= 11 is 0. The molecule has 0 aliphatic carbocycles. The highest BCUT2D eigenvalue weighted by Gasteiger charge is 2.09. The topological polar surface area (TPSA) is 94.8 Å². The normalized spacial score (nSPS) is 11.1. The number of aromatic nitrogens is 1. The molecule has 9 heteroatoms. The van der Waals surface area contributed by atoms with Crippen molar-refractivity contribution in [3.8, 4) is 11.5 Å². The number of nitrogens with zero attached hydrogens (tertiary/aromatic N) is 3. The van der Waals surface area contributed by atoms with Gasteiger partial charge in [0.15, 0.2) is 5.96 Å². The smallest absolute Gasteiger partial charge is 0.251 e. The van der Waals surface area contributed by atoms with E-state index in [0.717, 1.165) is 23.4 Å². The lowest BCUT2D eigenvalue weighted by Gasteiger charge is -2.12. The molecule has 3 rings (SSSR count). The van der Waals surface area contributed by atoms with E-state index in [4.69, 9.17) is 4.42 Å². The minimum Gasteiger partial charge on any atom is -0.444 e. The second-order valence-electron chi connectivity index (χ2n) is 8.05. The third-order valence-corrected chi connectivity index (χ3v) is 5.00. The first kappa shape index (κ1) is 27.3. The van der Waals surface area contributed by atoms with Gasteiger partial charge in [-0.25, -0.2) is 4.98 Å². The maximum Gasteiger partial charge on any atom is 0.251 e. The van der Waals surface area contributed by atoms with E-state index in [0.29, 0.717) is 37.0 Å². The Bertz CT molecular complexity index is 1080. The number of carbonyl (C=O) groups is 1. The molecule has 0 saturated heterocycles.